The van der Waals surface area contributed by atoms with Crippen molar-refractivity contribution in [2.45, 2.75) is 26.3 Å². The zero-order valence-electron chi connectivity index (χ0n) is 8.53. The monoisotopic (exact) mass is 210 g/mol. The zero-order chi connectivity index (χ0) is 10.6. The summed E-state index contributed by atoms with van der Waals surface area (Å²) >= 11 is 5.09. The first-order chi connectivity index (χ1) is 6.47. The average Bonchev–Trinajstić information content (AvgIpc) is 2.02. The molecule has 0 saturated heterocycles. The lowest BCUT2D eigenvalue weighted by Gasteiger charge is -2.22. The van der Waals surface area contributed by atoms with Crippen LogP contribution in [-0.4, -0.2) is 20.6 Å². The van der Waals surface area contributed by atoms with Gasteiger partial charge in [-0.05, 0) is 33.0 Å². The van der Waals surface area contributed by atoms with Crippen LogP contribution in [0.25, 0.3) is 0 Å². The molecule has 0 saturated carbocycles. The standard InChI is InChI=1S/C9H14N4S/c1-9(2,3)13-8(14)12-7-6-10-4-5-11-7/h4-6H,1-3H3,(H2,11,12,13,14). The Morgan fingerprint density at radius 3 is 2.57 bits per heavy atom. The van der Waals surface area contributed by atoms with Crippen LogP contribution in [0.15, 0.2) is 18.6 Å². The molecule has 0 aliphatic heterocycles. The van der Waals surface area contributed by atoms with E-state index in [1.54, 1.807) is 18.6 Å². The van der Waals surface area contributed by atoms with E-state index < -0.39 is 0 Å². The summed E-state index contributed by atoms with van der Waals surface area (Å²) in [7, 11) is 0. The molecule has 0 bridgehead atoms. The number of hydrogen-bond acceptors (Lipinski definition) is 3. The smallest absolute Gasteiger partial charge is 0.172 e. The SMILES string of the molecule is CC(C)(C)NC(=S)Nc1cnccn1. The largest absolute Gasteiger partial charge is 0.358 e. The van der Waals surface area contributed by atoms with Crippen LogP contribution >= 0.6 is 12.2 Å². The molecule has 0 atom stereocenters. The van der Waals surface area contributed by atoms with Gasteiger partial charge in [0.25, 0.3) is 0 Å². The summed E-state index contributed by atoms with van der Waals surface area (Å²) in [5.74, 6) is 0.647. The topological polar surface area (TPSA) is 49.8 Å². The van der Waals surface area contributed by atoms with Crippen molar-refractivity contribution in [3.05, 3.63) is 18.6 Å². The summed E-state index contributed by atoms with van der Waals surface area (Å²) in [6, 6.07) is 0. The van der Waals surface area contributed by atoms with Crippen LogP contribution in [0.5, 0.6) is 0 Å². The highest BCUT2D eigenvalue weighted by atomic mass is 32.1. The van der Waals surface area contributed by atoms with Crippen LogP contribution in [-0.2, 0) is 0 Å². The highest BCUT2D eigenvalue weighted by molar-refractivity contribution is 7.80. The summed E-state index contributed by atoms with van der Waals surface area (Å²) in [6.07, 6.45) is 4.85. The zero-order valence-corrected chi connectivity index (χ0v) is 9.35. The van der Waals surface area contributed by atoms with Crippen molar-refractivity contribution >= 4 is 23.1 Å². The molecule has 0 fully saturated rings. The Morgan fingerprint density at radius 1 is 1.36 bits per heavy atom. The third-order valence-electron chi connectivity index (χ3n) is 1.29. The van der Waals surface area contributed by atoms with E-state index in [-0.39, 0.29) is 5.54 Å². The average molecular weight is 210 g/mol. The minimum absolute atomic E-state index is 0.0493. The fraction of sp³-hybridized carbons (Fsp3) is 0.444. The highest BCUT2D eigenvalue weighted by Crippen LogP contribution is 2.01. The van der Waals surface area contributed by atoms with Gasteiger partial charge in [0.15, 0.2) is 10.9 Å². The van der Waals surface area contributed by atoms with Crippen molar-refractivity contribution in [3.8, 4) is 0 Å². The lowest BCUT2D eigenvalue weighted by Crippen LogP contribution is -2.43. The first-order valence-electron chi connectivity index (χ1n) is 4.32. The van der Waals surface area contributed by atoms with E-state index in [9.17, 15) is 0 Å². The lowest BCUT2D eigenvalue weighted by molar-refractivity contribution is 0.515. The second-order valence-corrected chi connectivity index (χ2v) is 4.33. The molecule has 76 valence electrons. The number of rotatable bonds is 1. The minimum Gasteiger partial charge on any atom is -0.358 e. The van der Waals surface area contributed by atoms with Gasteiger partial charge in [0, 0.05) is 17.9 Å². The summed E-state index contributed by atoms with van der Waals surface area (Å²) in [4.78, 5) is 7.97. The summed E-state index contributed by atoms with van der Waals surface area (Å²) in [5.41, 5.74) is -0.0493. The molecule has 2 N–H and O–H groups in total. The van der Waals surface area contributed by atoms with Crippen molar-refractivity contribution in [3.63, 3.8) is 0 Å². The molecule has 14 heavy (non-hydrogen) atoms. The molecule has 0 aliphatic rings. The Kier molecular flexibility index (Phi) is 3.35. The molecule has 4 nitrogen and oxygen atoms in total. The second kappa shape index (κ2) is 4.32. The number of nitrogens with zero attached hydrogens (tertiary/aromatic N) is 2. The van der Waals surface area contributed by atoms with Gasteiger partial charge in [-0.1, -0.05) is 0 Å². The fourth-order valence-corrected chi connectivity index (χ4v) is 1.26. The normalized spacial score (nSPS) is 10.8. The van der Waals surface area contributed by atoms with Gasteiger partial charge in [0.05, 0.1) is 6.20 Å². The Labute approximate surface area is 89.2 Å². The third-order valence-corrected chi connectivity index (χ3v) is 1.50. The van der Waals surface area contributed by atoms with E-state index in [1.807, 2.05) is 20.8 Å². The number of anilines is 1. The number of aromatic nitrogens is 2. The maximum absolute atomic E-state index is 5.09. The molecule has 1 aromatic heterocycles. The van der Waals surface area contributed by atoms with E-state index in [4.69, 9.17) is 12.2 Å². The van der Waals surface area contributed by atoms with Crippen LogP contribution < -0.4 is 10.6 Å². The molecule has 1 rings (SSSR count). The first-order valence-corrected chi connectivity index (χ1v) is 4.73. The molecular weight excluding hydrogens is 196 g/mol. The third kappa shape index (κ3) is 4.13. The molecular formula is C9H14N4S. The Hall–Kier alpha value is -1.23. The molecule has 0 unspecified atom stereocenters. The summed E-state index contributed by atoms with van der Waals surface area (Å²) < 4.78 is 0. The van der Waals surface area contributed by atoms with Crippen LogP contribution in [0.3, 0.4) is 0 Å². The first kappa shape index (κ1) is 10.8. The number of hydrogen-bond donors (Lipinski definition) is 2. The molecule has 0 spiro atoms. The maximum Gasteiger partial charge on any atom is 0.172 e. The molecule has 1 heterocycles. The quantitative estimate of drug-likeness (QED) is 0.689. The van der Waals surface area contributed by atoms with Crippen LogP contribution in [0, 0.1) is 0 Å². The molecule has 5 heteroatoms. The van der Waals surface area contributed by atoms with Gasteiger partial charge in [-0.3, -0.25) is 4.98 Å². The highest BCUT2D eigenvalue weighted by Gasteiger charge is 2.10. The Bertz CT molecular complexity index is 304. The van der Waals surface area contributed by atoms with Gasteiger partial charge in [0.1, 0.15) is 0 Å². The van der Waals surface area contributed by atoms with E-state index >= 15 is 0 Å². The van der Waals surface area contributed by atoms with E-state index in [0.717, 1.165) is 0 Å². The van der Waals surface area contributed by atoms with Crippen LogP contribution in [0.2, 0.25) is 0 Å². The summed E-state index contributed by atoms with van der Waals surface area (Å²) in [5, 5.41) is 6.62. The van der Waals surface area contributed by atoms with Crippen molar-refractivity contribution in [1.29, 1.82) is 0 Å². The van der Waals surface area contributed by atoms with Crippen LogP contribution in [0.4, 0.5) is 5.82 Å². The van der Waals surface area contributed by atoms with Gasteiger partial charge in [0.2, 0.25) is 0 Å². The van der Waals surface area contributed by atoms with Crippen molar-refractivity contribution in [1.82, 2.24) is 15.3 Å². The predicted molar refractivity (Wildman–Crippen MR) is 61.1 cm³/mol. The van der Waals surface area contributed by atoms with E-state index in [1.165, 1.54) is 0 Å². The van der Waals surface area contributed by atoms with E-state index in [2.05, 4.69) is 20.6 Å². The number of nitrogens with one attached hydrogen (secondary N) is 2. The second-order valence-electron chi connectivity index (χ2n) is 3.92. The van der Waals surface area contributed by atoms with Crippen molar-refractivity contribution in [2.75, 3.05) is 5.32 Å². The van der Waals surface area contributed by atoms with Gasteiger partial charge >= 0.3 is 0 Å². The Morgan fingerprint density at radius 2 is 2.07 bits per heavy atom. The molecule has 0 radical (unpaired) electrons. The van der Waals surface area contributed by atoms with Gasteiger partial charge in [-0.25, -0.2) is 4.98 Å². The minimum atomic E-state index is -0.0493. The summed E-state index contributed by atoms with van der Waals surface area (Å²) in [6.45, 7) is 6.12. The van der Waals surface area contributed by atoms with E-state index in [0.29, 0.717) is 10.9 Å². The van der Waals surface area contributed by atoms with Crippen LogP contribution in [0.1, 0.15) is 20.8 Å². The van der Waals surface area contributed by atoms with Gasteiger partial charge < -0.3 is 10.6 Å². The molecule has 0 aliphatic carbocycles. The number of thiocarbonyl (C=S) groups is 1. The van der Waals surface area contributed by atoms with Gasteiger partial charge in [-0.2, -0.15) is 0 Å². The maximum atomic E-state index is 5.09. The predicted octanol–water partition coefficient (Wildman–Crippen LogP) is 1.56. The van der Waals surface area contributed by atoms with Crippen molar-refractivity contribution in [2.24, 2.45) is 0 Å². The molecule has 0 amide bonds. The molecule has 0 aromatic carbocycles. The fourth-order valence-electron chi connectivity index (χ4n) is 0.852. The lowest BCUT2D eigenvalue weighted by atomic mass is 10.1. The van der Waals surface area contributed by atoms with Crippen molar-refractivity contribution < 1.29 is 0 Å². The van der Waals surface area contributed by atoms with Gasteiger partial charge in [-0.15, -0.1) is 0 Å². The molecule has 1 aromatic rings. The Balaban J connectivity index is 2.50.